The number of nitrogens with one attached hydrogen (secondary N) is 1. The Bertz CT molecular complexity index is 932. The van der Waals surface area contributed by atoms with Crippen molar-refractivity contribution in [2.75, 3.05) is 43.7 Å². The summed E-state index contributed by atoms with van der Waals surface area (Å²) in [4.78, 5) is 18.1. The molecule has 0 aliphatic carbocycles. The van der Waals surface area contributed by atoms with Crippen LogP contribution in [0.15, 0.2) is 42.5 Å². The number of hydrogen-bond donors (Lipinski definition) is 1. The number of carbonyl (C=O) groups excluding carboxylic acids is 1. The van der Waals surface area contributed by atoms with E-state index in [-0.39, 0.29) is 23.9 Å². The van der Waals surface area contributed by atoms with Crippen molar-refractivity contribution in [1.29, 1.82) is 0 Å². The molecule has 2 aliphatic rings. The highest BCUT2D eigenvalue weighted by molar-refractivity contribution is 5.83. The summed E-state index contributed by atoms with van der Waals surface area (Å²) in [5, 5.41) is 3.23. The molecule has 166 valence electrons. The monoisotopic (exact) mass is 423 g/mol. The highest BCUT2D eigenvalue weighted by atomic mass is 16.5. The number of anilines is 2. The molecule has 0 aromatic heterocycles. The molecule has 2 aliphatic heterocycles. The number of ether oxygens (including phenoxy) is 2. The Hall–Kier alpha value is -2.89. The molecule has 2 heterocycles. The van der Waals surface area contributed by atoms with Crippen LogP contribution in [0.25, 0.3) is 0 Å². The maximum Gasteiger partial charge on any atom is 0.225 e. The van der Waals surface area contributed by atoms with Crippen LogP contribution in [0.5, 0.6) is 11.5 Å². The summed E-state index contributed by atoms with van der Waals surface area (Å²) in [6.45, 7) is 6.65. The number of nitrogens with zero attached hydrogens (tertiary/aromatic N) is 2. The van der Waals surface area contributed by atoms with Gasteiger partial charge in [0.1, 0.15) is 11.5 Å². The molecule has 6 heteroatoms. The Morgan fingerprint density at radius 2 is 1.94 bits per heavy atom. The van der Waals surface area contributed by atoms with Crippen LogP contribution in [-0.4, -0.2) is 51.8 Å². The van der Waals surface area contributed by atoms with E-state index in [1.807, 2.05) is 24.3 Å². The Morgan fingerprint density at radius 1 is 1.13 bits per heavy atom. The lowest BCUT2D eigenvalue weighted by Gasteiger charge is -2.50. The second-order valence-corrected chi connectivity index (χ2v) is 8.50. The van der Waals surface area contributed by atoms with Crippen molar-refractivity contribution in [3.8, 4) is 11.5 Å². The van der Waals surface area contributed by atoms with Crippen molar-refractivity contribution in [3.05, 3.63) is 48.0 Å². The van der Waals surface area contributed by atoms with E-state index >= 15 is 0 Å². The Morgan fingerprint density at radius 3 is 2.68 bits per heavy atom. The van der Waals surface area contributed by atoms with Crippen LogP contribution >= 0.6 is 0 Å². The lowest BCUT2D eigenvalue weighted by atomic mass is 9.83. The lowest BCUT2D eigenvalue weighted by Crippen LogP contribution is -2.61. The third kappa shape index (κ3) is 4.16. The molecule has 6 nitrogen and oxygen atoms in total. The van der Waals surface area contributed by atoms with E-state index in [1.165, 1.54) is 11.3 Å². The predicted octanol–water partition coefficient (Wildman–Crippen LogP) is 3.49. The van der Waals surface area contributed by atoms with Gasteiger partial charge in [-0.15, -0.1) is 0 Å². The highest BCUT2D eigenvalue weighted by Crippen LogP contribution is 2.40. The van der Waals surface area contributed by atoms with E-state index in [2.05, 4.69) is 47.2 Å². The van der Waals surface area contributed by atoms with Gasteiger partial charge in [0.2, 0.25) is 5.91 Å². The van der Waals surface area contributed by atoms with Crippen molar-refractivity contribution in [2.24, 2.45) is 5.92 Å². The van der Waals surface area contributed by atoms with Crippen LogP contribution in [0.1, 0.15) is 25.8 Å². The lowest BCUT2D eigenvalue weighted by molar-refractivity contribution is -0.126. The summed E-state index contributed by atoms with van der Waals surface area (Å²) in [5.41, 5.74) is 3.49. The summed E-state index contributed by atoms with van der Waals surface area (Å²) in [5.74, 6) is 1.77. The molecule has 2 aromatic rings. The van der Waals surface area contributed by atoms with Gasteiger partial charge in [0.25, 0.3) is 0 Å². The van der Waals surface area contributed by atoms with Gasteiger partial charge < -0.3 is 24.6 Å². The van der Waals surface area contributed by atoms with Crippen molar-refractivity contribution in [3.63, 3.8) is 0 Å². The Balaban J connectivity index is 1.68. The van der Waals surface area contributed by atoms with E-state index in [4.69, 9.17) is 9.47 Å². The Kier molecular flexibility index (Phi) is 6.25. The molecule has 0 radical (unpaired) electrons. The largest absolute Gasteiger partial charge is 0.497 e. The van der Waals surface area contributed by atoms with Gasteiger partial charge in [0, 0.05) is 37.4 Å². The summed E-state index contributed by atoms with van der Waals surface area (Å²) in [6.07, 6.45) is 1.66. The van der Waals surface area contributed by atoms with Crippen LogP contribution in [0.4, 0.5) is 11.4 Å². The minimum atomic E-state index is -0.104. The van der Waals surface area contributed by atoms with Crippen LogP contribution in [0, 0.1) is 5.92 Å². The normalized spacial score (nSPS) is 21.0. The molecular weight excluding hydrogens is 390 g/mol. The average molecular weight is 424 g/mol. The zero-order valence-electron chi connectivity index (χ0n) is 18.9. The van der Waals surface area contributed by atoms with E-state index in [0.29, 0.717) is 0 Å². The first-order valence-corrected chi connectivity index (χ1v) is 11.2. The number of rotatable bonds is 6. The molecule has 4 rings (SSSR count). The van der Waals surface area contributed by atoms with Crippen molar-refractivity contribution >= 4 is 17.3 Å². The number of amides is 1. The standard InChI is InChI=1S/C25H33N3O3/c1-5-17(2)26-25(29)20-14-18-10-11-19(30-3)15-22(18)28-13-12-27(16-23(20)28)21-8-6-7-9-24(21)31-4/h6-11,15,17,20,23H,5,12-14,16H2,1-4H3,(H,26,29). The zero-order valence-corrected chi connectivity index (χ0v) is 18.9. The maximum absolute atomic E-state index is 13.3. The number of fused-ring (bicyclic) bond motifs is 3. The first-order valence-electron chi connectivity index (χ1n) is 11.2. The van der Waals surface area contributed by atoms with Crippen LogP contribution in [0.2, 0.25) is 0 Å². The average Bonchev–Trinajstić information content (AvgIpc) is 2.82. The number of benzene rings is 2. The second kappa shape index (κ2) is 9.08. The van der Waals surface area contributed by atoms with Crippen molar-refractivity contribution in [2.45, 2.75) is 38.8 Å². The summed E-state index contributed by atoms with van der Waals surface area (Å²) >= 11 is 0. The third-order valence-electron chi connectivity index (χ3n) is 6.69. The van der Waals surface area contributed by atoms with Crippen LogP contribution in [-0.2, 0) is 11.2 Å². The summed E-state index contributed by atoms with van der Waals surface area (Å²) < 4.78 is 11.1. The molecule has 1 amide bonds. The van der Waals surface area contributed by atoms with Gasteiger partial charge >= 0.3 is 0 Å². The van der Waals surface area contributed by atoms with Gasteiger partial charge in [-0.3, -0.25) is 4.79 Å². The topological polar surface area (TPSA) is 54.0 Å². The SMILES string of the molecule is CCC(C)NC(=O)C1Cc2ccc(OC)cc2N2CCN(c3ccccc3OC)CC12. The van der Waals surface area contributed by atoms with Crippen LogP contribution in [0.3, 0.4) is 0 Å². The van der Waals surface area contributed by atoms with Gasteiger partial charge in [-0.05, 0) is 43.5 Å². The molecular formula is C25H33N3O3. The van der Waals surface area contributed by atoms with E-state index < -0.39 is 0 Å². The third-order valence-corrected chi connectivity index (χ3v) is 6.69. The van der Waals surface area contributed by atoms with E-state index in [1.54, 1.807) is 14.2 Å². The van der Waals surface area contributed by atoms with Gasteiger partial charge in [0.15, 0.2) is 0 Å². The highest BCUT2D eigenvalue weighted by Gasteiger charge is 2.42. The first kappa shape index (κ1) is 21.3. The molecule has 1 N–H and O–H groups in total. The molecule has 3 unspecified atom stereocenters. The molecule has 0 saturated carbocycles. The van der Waals surface area contributed by atoms with Crippen molar-refractivity contribution in [1.82, 2.24) is 5.32 Å². The number of piperazine rings is 1. The zero-order chi connectivity index (χ0) is 22.0. The second-order valence-electron chi connectivity index (χ2n) is 8.50. The number of para-hydroxylation sites is 2. The minimum absolute atomic E-state index is 0.0855. The van der Waals surface area contributed by atoms with Crippen molar-refractivity contribution < 1.29 is 14.3 Å². The molecule has 0 bridgehead atoms. The molecule has 0 spiro atoms. The maximum atomic E-state index is 13.3. The Labute approximate surface area is 185 Å². The van der Waals surface area contributed by atoms with Crippen LogP contribution < -0.4 is 24.6 Å². The fourth-order valence-electron chi connectivity index (χ4n) is 4.77. The smallest absolute Gasteiger partial charge is 0.225 e. The first-order chi connectivity index (χ1) is 15.0. The van der Waals surface area contributed by atoms with E-state index in [9.17, 15) is 4.79 Å². The number of hydrogen-bond acceptors (Lipinski definition) is 5. The summed E-state index contributed by atoms with van der Waals surface area (Å²) in [6, 6.07) is 14.6. The number of carbonyl (C=O) groups is 1. The minimum Gasteiger partial charge on any atom is -0.497 e. The molecule has 3 atom stereocenters. The fraction of sp³-hybridized carbons (Fsp3) is 0.480. The number of methoxy groups -OCH3 is 2. The molecule has 2 aromatic carbocycles. The predicted molar refractivity (Wildman–Crippen MR) is 124 cm³/mol. The molecule has 1 saturated heterocycles. The van der Waals surface area contributed by atoms with Gasteiger partial charge in [0.05, 0.1) is 31.9 Å². The quantitative estimate of drug-likeness (QED) is 0.771. The summed E-state index contributed by atoms with van der Waals surface area (Å²) in [7, 11) is 3.41. The van der Waals surface area contributed by atoms with E-state index in [0.717, 1.165) is 49.7 Å². The fourth-order valence-corrected chi connectivity index (χ4v) is 4.77. The van der Waals surface area contributed by atoms with Gasteiger partial charge in [-0.2, -0.15) is 0 Å². The van der Waals surface area contributed by atoms with Gasteiger partial charge in [-0.25, -0.2) is 0 Å². The van der Waals surface area contributed by atoms with Gasteiger partial charge in [-0.1, -0.05) is 25.1 Å². The molecule has 1 fully saturated rings. The molecule has 31 heavy (non-hydrogen) atoms.